The van der Waals surface area contributed by atoms with Crippen molar-refractivity contribution in [3.63, 3.8) is 0 Å². The molecule has 1 saturated carbocycles. The average molecular weight is 486 g/mol. The number of aliphatic hydroxyl groups is 1. The molecule has 2 N–H and O–H groups in total. The smallest absolute Gasteiger partial charge is 0.261 e. The maximum absolute atomic E-state index is 13.3. The molecular weight excluding hydrogens is 461 g/mol. The molecule has 1 aliphatic heterocycles. The Bertz CT molecular complexity index is 1110. The van der Waals surface area contributed by atoms with Crippen LogP contribution in [-0.2, 0) is 16.1 Å². The molecule has 178 valence electrons. The number of ketones is 1. The van der Waals surface area contributed by atoms with Crippen LogP contribution in [0.2, 0.25) is 5.15 Å². The molecular formula is C25H25ClFN3O4. The molecule has 2 aromatic rings. The fraction of sp³-hybridized carbons (Fsp3) is 0.360. The van der Waals surface area contributed by atoms with Gasteiger partial charge in [0.1, 0.15) is 22.3 Å². The van der Waals surface area contributed by atoms with Crippen molar-refractivity contribution in [2.45, 2.75) is 44.7 Å². The number of aromatic nitrogens is 1. The van der Waals surface area contributed by atoms with Gasteiger partial charge in [0, 0.05) is 25.2 Å². The van der Waals surface area contributed by atoms with Gasteiger partial charge >= 0.3 is 0 Å². The highest BCUT2D eigenvalue weighted by molar-refractivity contribution is 6.29. The summed E-state index contributed by atoms with van der Waals surface area (Å²) in [5.41, 5.74) is 0.985. The van der Waals surface area contributed by atoms with Gasteiger partial charge in [0.05, 0.1) is 11.6 Å². The zero-order valence-electron chi connectivity index (χ0n) is 18.5. The molecule has 7 nitrogen and oxygen atoms in total. The second kappa shape index (κ2) is 10.3. The van der Waals surface area contributed by atoms with Gasteiger partial charge in [-0.3, -0.25) is 14.4 Å². The molecule has 0 bridgehead atoms. The molecule has 1 aromatic carbocycles. The van der Waals surface area contributed by atoms with E-state index in [0.29, 0.717) is 42.1 Å². The minimum Gasteiger partial charge on any atom is -0.511 e. The number of hydrogen-bond donors (Lipinski definition) is 2. The number of amides is 2. The summed E-state index contributed by atoms with van der Waals surface area (Å²) in [5, 5.41) is 13.6. The van der Waals surface area contributed by atoms with Gasteiger partial charge in [-0.1, -0.05) is 23.7 Å². The van der Waals surface area contributed by atoms with Crippen molar-refractivity contribution in [3.05, 3.63) is 76.0 Å². The van der Waals surface area contributed by atoms with Crippen LogP contribution < -0.4 is 5.32 Å². The number of unbranched alkanes of at least 4 members (excludes halogenated alkanes) is 1. The third-order valence-corrected chi connectivity index (χ3v) is 6.29. The van der Waals surface area contributed by atoms with Crippen molar-refractivity contribution in [1.82, 2.24) is 15.2 Å². The van der Waals surface area contributed by atoms with E-state index in [2.05, 4.69) is 10.3 Å². The Morgan fingerprint density at radius 3 is 2.53 bits per heavy atom. The third-order valence-electron chi connectivity index (χ3n) is 6.07. The number of Topliss-reactive ketones (excluding diaryl/α,β-unsaturated/α-hetero) is 1. The Kier molecular flexibility index (Phi) is 7.26. The number of pyridine rings is 1. The molecule has 2 fully saturated rings. The lowest BCUT2D eigenvalue weighted by molar-refractivity contribution is -0.127. The van der Waals surface area contributed by atoms with Crippen LogP contribution in [0.15, 0.2) is 53.9 Å². The molecule has 1 aliphatic carbocycles. The quantitative estimate of drug-likeness (QED) is 0.184. The maximum Gasteiger partial charge on any atom is 0.261 e. The van der Waals surface area contributed by atoms with Crippen LogP contribution in [0.5, 0.6) is 0 Å². The summed E-state index contributed by atoms with van der Waals surface area (Å²) in [6.45, 7) is 0.543. The number of aliphatic hydroxyl groups excluding tert-OH is 1. The average Bonchev–Trinajstić information content (AvgIpc) is 3.64. The van der Waals surface area contributed by atoms with E-state index in [4.69, 9.17) is 11.6 Å². The van der Waals surface area contributed by atoms with Gasteiger partial charge in [-0.25, -0.2) is 9.37 Å². The van der Waals surface area contributed by atoms with Gasteiger partial charge in [0.2, 0.25) is 0 Å². The number of carbonyl (C=O) groups is 3. The number of likely N-dealkylation sites (tertiary alicyclic amines) is 1. The highest BCUT2D eigenvalue weighted by atomic mass is 35.5. The van der Waals surface area contributed by atoms with Crippen LogP contribution in [0.1, 0.15) is 48.0 Å². The number of carbonyl (C=O) groups excluding carboxylic acids is 3. The Morgan fingerprint density at radius 2 is 1.88 bits per heavy atom. The van der Waals surface area contributed by atoms with E-state index < -0.39 is 11.9 Å². The Hall–Kier alpha value is -3.26. The Morgan fingerprint density at radius 1 is 1.15 bits per heavy atom. The molecule has 1 unspecified atom stereocenters. The van der Waals surface area contributed by atoms with Crippen molar-refractivity contribution >= 4 is 29.2 Å². The molecule has 2 heterocycles. The van der Waals surface area contributed by atoms with E-state index >= 15 is 0 Å². The van der Waals surface area contributed by atoms with Gasteiger partial charge < -0.3 is 15.3 Å². The first-order valence-corrected chi connectivity index (χ1v) is 11.7. The SMILES string of the molecule is O=C(NCCCCC1C(=O)/C(=C(\O)C2CC2)C(=O)N1Cc1ccc(F)cc1)c1ccc(Cl)nc1. The molecule has 0 spiro atoms. The lowest BCUT2D eigenvalue weighted by Crippen LogP contribution is -2.35. The third kappa shape index (κ3) is 5.44. The summed E-state index contributed by atoms with van der Waals surface area (Å²) in [6.07, 6.45) is 4.51. The van der Waals surface area contributed by atoms with Crippen LogP contribution >= 0.6 is 11.6 Å². The molecule has 4 rings (SSSR count). The van der Waals surface area contributed by atoms with Crippen LogP contribution in [-0.4, -0.2) is 45.2 Å². The van der Waals surface area contributed by atoms with E-state index in [9.17, 15) is 23.9 Å². The molecule has 0 radical (unpaired) electrons. The van der Waals surface area contributed by atoms with E-state index in [1.54, 1.807) is 18.2 Å². The Labute approximate surface area is 201 Å². The summed E-state index contributed by atoms with van der Waals surface area (Å²) < 4.78 is 13.3. The number of nitrogens with one attached hydrogen (secondary N) is 1. The van der Waals surface area contributed by atoms with Crippen molar-refractivity contribution in [2.24, 2.45) is 5.92 Å². The largest absolute Gasteiger partial charge is 0.511 e. The van der Waals surface area contributed by atoms with Crippen molar-refractivity contribution in [3.8, 4) is 0 Å². The second-order valence-corrected chi connectivity index (χ2v) is 8.98. The normalized spacial score (nSPS) is 19.5. The first-order chi connectivity index (χ1) is 16.3. The van der Waals surface area contributed by atoms with Crippen LogP contribution in [0.4, 0.5) is 4.39 Å². The summed E-state index contributed by atoms with van der Waals surface area (Å²) >= 11 is 5.73. The van der Waals surface area contributed by atoms with E-state index in [1.165, 1.54) is 29.3 Å². The van der Waals surface area contributed by atoms with E-state index in [-0.39, 0.29) is 41.3 Å². The highest BCUT2D eigenvalue weighted by Crippen LogP contribution is 2.39. The molecule has 2 aliphatic rings. The number of hydrogen-bond acceptors (Lipinski definition) is 5. The lowest BCUT2D eigenvalue weighted by Gasteiger charge is -2.23. The molecule has 9 heteroatoms. The highest BCUT2D eigenvalue weighted by Gasteiger charge is 2.46. The van der Waals surface area contributed by atoms with Crippen LogP contribution in [0, 0.1) is 11.7 Å². The number of allylic oxidation sites excluding steroid dienone is 1. The topological polar surface area (TPSA) is 99.6 Å². The lowest BCUT2D eigenvalue weighted by atomic mass is 10.0. The van der Waals surface area contributed by atoms with Gasteiger partial charge in [-0.2, -0.15) is 0 Å². The van der Waals surface area contributed by atoms with Crippen molar-refractivity contribution in [2.75, 3.05) is 6.54 Å². The predicted molar refractivity (Wildman–Crippen MR) is 124 cm³/mol. The molecule has 1 saturated heterocycles. The first-order valence-electron chi connectivity index (χ1n) is 11.3. The number of rotatable bonds is 9. The second-order valence-electron chi connectivity index (χ2n) is 8.60. The van der Waals surface area contributed by atoms with Gasteiger partial charge in [-0.05, 0) is 61.9 Å². The Balaban J connectivity index is 1.38. The van der Waals surface area contributed by atoms with Crippen LogP contribution in [0.3, 0.4) is 0 Å². The summed E-state index contributed by atoms with van der Waals surface area (Å²) in [7, 11) is 0. The standard InChI is InChI=1S/C25H25ClFN3O4/c26-20-11-8-17(13-29-20)24(33)28-12-2-1-3-19-23(32)21(22(31)16-6-7-16)25(34)30(19)14-15-4-9-18(27)10-5-15/h4-5,8-11,13,16,19,31H,1-3,6-7,12,14H2,(H,28,33)/b22-21+. The summed E-state index contributed by atoms with van der Waals surface area (Å²) in [5.74, 6) is -1.72. The van der Waals surface area contributed by atoms with Gasteiger partial charge in [0.15, 0.2) is 5.78 Å². The zero-order chi connectivity index (χ0) is 24.2. The molecule has 1 atom stereocenters. The van der Waals surface area contributed by atoms with Gasteiger partial charge in [0.25, 0.3) is 11.8 Å². The maximum atomic E-state index is 13.3. The monoisotopic (exact) mass is 485 g/mol. The summed E-state index contributed by atoms with van der Waals surface area (Å²) in [6, 6.07) is 8.19. The zero-order valence-corrected chi connectivity index (χ0v) is 19.2. The number of halogens is 2. The fourth-order valence-electron chi connectivity index (χ4n) is 4.03. The number of benzene rings is 1. The number of nitrogens with zero attached hydrogens (tertiary/aromatic N) is 2. The molecule has 2 amide bonds. The summed E-state index contributed by atoms with van der Waals surface area (Å²) in [4.78, 5) is 43.7. The first kappa shape index (κ1) is 23.9. The predicted octanol–water partition coefficient (Wildman–Crippen LogP) is 3.98. The van der Waals surface area contributed by atoms with E-state index in [0.717, 1.165) is 12.8 Å². The van der Waals surface area contributed by atoms with Crippen molar-refractivity contribution in [1.29, 1.82) is 0 Å². The fourth-order valence-corrected chi connectivity index (χ4v) is 4.14. The molecule has 1 aromatic heterocycles. The molecule has 34 heavy (non-hydrogen) atoms. The van der Waals surface area contributed by atoms with Crippen molar-refractivity contribution < 1.29 is 23.9 Å². The van der Waals surface area contributed by atoms with Gasteiger partial charge in [-0.15, -0.1) is 0 Å². The van der Waals surface area contributed by atoms with Crippen LogP contribution in [0.25, 0.3) is 0 Å². The minimum atomic E-state index is -0.704. The van der Waals surface area contributed by atoms with E-state index in [1.807, 2.05) is 0 Å². The minimum absolute atomic E-state index is 0.106.